The zero-order valence-electron chi connectivity index (χ0n) is 33.3. The molecule has 3 aliphatic rings. The first kappa shape index (κ1) is 34.4. The fourth-order valence-corrected chi connectivity index (χ4v) is 10.6. The van der Waals surface area contributed by atoms with E-state index in [2.05, 4.69) is 169 Å². The maximum absolute atomic E-state index is 2.62. The van der Waals surface area contributed by atoms with Crippen LogP contribution in [0.1, 0.15) is 63.5 Å². The van der Waals surface area contributed by atoms with Gasteiger partial charge in [-0.05, 0) is 169 Å². The van der Waals surface area contributed by atoms with Crippen LogP contribution in [0.25, 0.3) is 76.8 Å². The number of rotatable bonds is 5. The smallest absolute Gasteiger partial charge is 0.0372 e. The standard InChI is InChI=1S/C55H50N2/c1-55(2)51-17-9-8-16-45(51)46-25-22-42(34-52(46)55)54-48-27-24-43(56-28-10-4-11-29-56)35-49(48)53(47-26-23-44(36-50(47)54)57-30-12-5-13-31-57)41-21-20-39-32-38(18-19-40(39)33-41)37-14-6-3-7-15-37/h3,6-9,14-27,32-36H,4-5,10-13,28-31H2,1-2H3. The van der Waals surface area contributed by atoms with E-state index in [9.17, 15) is 0 Å². The second-order valence-corrected chi connectivity index (χ2v) is 17.4. The van der Waals surface area contributed by atoms with E-state index in [0.29, 0.717) is 0 Å². The highest BCUT2D eigenvalue weighted by Crippen LogP contribution is 2.52. The molecule has 2 saturated heterocycles. The average molecular weight is 739 g/mol. The van der Waals surface area contributed by atoms with Gasteiger partial charge in [-0.2, -0.15) is 0 Å². The zero-order chi connectivity index (χ0) is 38.1. The van der Waals surface area contributed by atoms with Crippen LogP contribution in [0.2, 0.25) is 0 Å². The maximum Gasteiger partial charge on any atom is 0.0372 e. The third kappa shape index (κ3) is 5.75. The predicted molar refractivity (Wildman–Crippen MR) is 245 cm³/mol. The van der Waals surface area contributed by atoms with Crippen LogP contribution >= 0.6 is 0 Å². The molecule has 0 saturated carbocycles. The summed E-state index contributed by atoms with van der Waals surface area (Å²) in [5.74, 6) is 0. The van der Waals surface area contributed by atoms with E-state index in [1.54, 1.807) is 0 Å². The van der Waals surface area contributed by atoms with Crippen LogP contribution in [0.15, 0.2) is 146 Å². The molecule has 1 aliphatic carbocycles. The summed E-state index contributed by atoms with van der Waals surface area (Å²) in [7, 11) is 0. The number of hydrogen-bond acceptors (Lipinski definition) is 2. The van der Waals surface area contributed by atoms with Crippen molar-refractivity contribution in [2.75, 3.05) is 36.0 Å². The van der Waals surface area contributed by atoms with Gasteiger partial charge >= 0.3 is 0 Å². The normalized spacial score (nSPS) is 16.3. The third-order valence-electron chi connectivity index (χ3n) is 13.6. The van der Waals surface area contributed by atoms with Crippen LogP contribution < -0.4 is 9.80 Å². The highest BCUT2D eigenvalue weighted by molar-refractivity contribution is 6.23. The molecule has 0 spiro atoms. The van der Waals surface area contributed by atoms with Gasteiger partial charge in [-0.25, -0.2) is 0 Å². The number of piperidine rings is 2. The van der Waals surface area contributed by atoms with Gasteiger partial charge in [-0.3, -0.25) is 0 Å². The van der Waals surface area contributed by atoms with Crippen LogP contribution in [-0.4, -0.2) is 26.2 Å². The summed E-state index contributed by atoms with van der Waals surface area (Å²) in [5.41, 5.74) is 16.0. The number of hydrogen-bond donors (Lipinski definition) is 0. The van der Waals surface area contributed by atoms with E-state index in [1.807, 2.05) is 0 Å². The van der Waals surface area contributed by atoms with E-state index in [4.69, 9.17) is 0 Å². The molecule has 0 aromatic heterocycles. The largest absolute Gasteiger partial charge is 0.372 e. The minimum absolute atomic E-state index is 0.0701. The monoisotopic (exact) mass is 738 g/mol. The lowest BCUT2D eigenvalue weighted by Crippen LogP contribution is -2.29. The van der Waals surface area contributed by atoms with Crippen LogP contribution in [0, 0.1) is 0 Å². The van der Waals surface area contributed by atoms with Gasteiger partial charge in [0.2, 0.25) is 0 Å². The molecule has 0 bridgehead atoms. The SMILES string of the molecule is CC1(C)c2ccccc2-c2ccc(-c3c4ccc(N5CCCCC5)cc4c(-c4ccc5cc(-c6ccccc6)ccc5c4)c4ccc(N5CCCCC5)cc34)cc21. The summed E-state index contributed by atoms with van der Waals surface area (Å²) >= 11 is 0. The van der Waals surface area contributed by atoms with Gasteiger partial charge in [0, 0.05) is 43.0 Å². The van der Waals surface area contributed by atoms with Crippen LogP contribution in [0.5, 0.6) is 0 Å². The van der Waals surface area contributed by atoms with Gasteiger partial charge in [-0.15, -0.1) is 0 Å². The topological polar surface area (TPSA) is 6.48 Å². The Hall–Kier alpha value is -5.86. The Balaban J connectivity index is 1.18. The summed E-state index contributed by atoms with van der Waals surface area (Å²) in [6, 6.07) is 56.1. The van der Waals surface area contributed by atoms with Crippen molar-refractivity contribution in [3.8, 4) is 44.5 Å². The second kappa shape index (κ2) is 13.7. The molecular formula is C55H50N2. The van der Waals surface area contributed by atoms with Crippen molar-refractivity contribution in [3.05, 3.63) is 157 Å². The summed E-state index contributed by atoms with van der Waals surface area (Å²) in [6.45, 7) is 9.31. The van der Waals surface area contributed by atoms with Crippen molar-refractivity contribution in [1.82, 2.24) is 0 Å². The number of anilines is 2. The molecule has 0 unspecified atom stereocenters. The quantitative estimate of drug-likeness (QED) is 0.162. The van der Waals surface area contributed by atoms with Crippen molar-refractivity contribution in [2.45, 2.75) is 57.8 Å². The van der Waals surface area contributed by atoms with Crippen molar-refractivity contribution >= 4 is 43.7 Å². The lowest BCUT2D eigenvalue weighted by molar-refractivity contribution is 0.578. The molecule has 2 fully saturated rings. The van der Waals surface area contributed by atoms with E-state index >= 15 is 0 Å². The third-order valence-corrected chi connectivity index (χ3v) is 13.6. The molecular weight excluding hydrogens is 689 g/mol. The van der Waals surface area contributed by atoms with Crippen LogP contribution in [0.3, 0.4) is 0 Å². The first-order valence-electron chi connectivity index (χ1n) is 21.4. The first-order valence-corrected chi connectivity index (χ1v) is 21.4. The average Bonchev–Trinajstić information content (AvgIpc) is 3.50. The summed E-state index contributed by atoms with van der Waals surface area (Å²) in [5, 5.41) is 7.90. The highest BCUT2D eigenvalue weighted by atomic mass is 15.1. The fraction of sp³-hybridized carbons (Fsp3) is 0.236. The van der Waals surface area contributed by atoms with Crippen molar-refractivity contribution < 1.29 is 0 Å². The molecule has 2 heterocycles. The summed E-state index contributed by atoms with van der Waals surface area (Å²) in [4.78, 5) is 5.25. The van der Waals surface area contributed by atoms with Crippen molar-refractivity contribution in [1.29, 1.82) is 0 Å². The first-order chi connectivity index (χ1) is 28.0. The lowest BCUT2D eigenvalue weighted by atomic mass is 9.80. The lowest BCUT2D eigenvalue weighted by Gasteiger charge is -2.30. The molecule has 11 rings (SSSR count). The number of fused-ring (bicyclic) bond motifs is 6. The molecule has 2 heteroatoms. The minimum Gasteiger partial charge on any atom is -0.372 e. The van der Waals surface area contributed by atoms with E-state index in [1.165, 1.54) is 138 Å². The molecule has 8 aromatic rings. The Morgan fingerprint density at radius 2 is 0.877 bits per heavy atom. The minimum atomic E-state index is -0.0701. The maximum atomic E-state index is 2.62. The van der Waals surface area contributed by atoms with Crippen LogP contribution in [-0.2, 0) is 5.41 Å². The molecule has 57 heavy (non-hydrogen) atoms. The predicted octanol–water partition coefficient (Wildman–Crippen LogP) is 14.4. The fourth-order valence-electron chi connectivity index (χ4n) is 10.6. The summed E-state index contributed by atoms with van der Waals surface area (Å²) < 4.78 is 0. The van der Waals surface area contributed by atoms with Crippen molar-refractivity contribution in [3.63, 3.8) is 0 Å². The van der Waals surface area contributed by atoms with Crippen molar-refractivity contribution in [2.24, 2.45) is 0 Å². The van der Waals surface area contributed by atoms with E-state index < -0.39 is 0 Å². The molecule has 2 aliphatic heterocycles. The molecule has 0 N–H and O–H groups in total. The Morgan fingerprint density at radius 3 is 1.51 bits per heavy atom. The van der Waals surface area contributed by atoms with Gasteiger partial charge in [-0.1, -0.05) is 117 Å². The molecule has 280 valence electrons. The van der Waals surface area contributed by atoms with Crippen LogP contribution in [0.4, 0.5) is 11.4 Å². The zero-order valence-corrected chi connectivity index (χ0v) is 33.3. The number of nitrogens with zero attached hydrogens (tertiary/aromatic N) is 2. The Morgan fingerprint density at radius 1 is 0.368 bits per heavy atom. The number of benzene rings is 8. The second-order valence-electron chi connectivity index (χ2n) is 17.4. The molecule has 8 aromatic carbocycles. The van der Waals surface area contributed by atoms with Gasteiger partial charge in [0.15, 0.2) is 0 Å². The van der Waals surface area contributed by atoms with E-state index in [-0.39, 0.29) is 5.41 Å². The molecule has 0 atom stereocenters. The molecule has 0 radical (unpaired) electrons. The van der Waals surface area contributed by atoms with Gasteiger partial charge < -0.3 is 9.80 Å². The Kier molecular flexibility index (Phi) is 8.24. The molecule has 2 nitrogen and oxygen atoms in total. The summed E-state index contributed by atoms with van der Waals surface area (Å²) in [6.07, 6.45) is 7.69. The highest BCUT2D eigenvalue weighted by Gasteiger charge is 2.35. The van der Waals surface area contributed by atoms with Gasteiger partial charge in [0.25, 0.3) is 0 Å². The van der Waals surface area contributed by atoms with Gasteiger partial charge in [0.1, 0.15) is 0 Å². The Bertz CT molecular complexity index is 2830. The van der Waals surface area contributed by atoms with E-state index in [0.717, 1.165) is 26.2 Å². The molecule has 0 amide bonds. The Labute approximate surface area is 337 Å². The van der Waals surface area contributed by atoms with Gasteiger partial charge in [0.05, 0.1) is 0 Å².